The molecule has 1 aromatic rings. The second-order valence-electron chi connectivity index (χ2n) is 11.4. The molecular formula is C31H59N4O5P. The SMILES string of the molecule is CCOP(=O)(CCCNCC1CNc2c1nc[nH]c2=O)OCCCCCCCCCCCCCCCCCCCO. The van der Waals surface area contributed by atoms with Crippen LogP contribution in [0.4, 0.5) is 5.69 Å². The Balaban J connectivity index is 1.39. The van der Waals surface area contributed by atoms with Crippen LogP contribution < -0.4 is 16.2 Å². The van der Waals surface area contributed by atoms with Crippen LogP contribution in [0.5, 0.6) is 0 Å². The molecule has 0 aliphatic carbocycles. The standard InChI is InChI=1S/C31H59N4O5P/c1-2-39-41(38,24-20-21-32-25-28-26-33-30-29(28)34-27-35-31(30)37)40-23-19-17-15-13-11-9-7-5-3-4-6-8-10-12-14-16-18-22-36/h27-28,32-33,36H,2-26H2,1H3,(H,34,35,37). The predicted octanol–water partition coefficient (Wildman–Crippen LogP) is 7.13. The molecule has 0 radical (unpaired) electrons. The summed E-state index contributed by atoms with van der Waals surface area (Å²) in [6.45, 7) is 5.21. The molecule has 2 rings (SSSR count). The molecule has 2 heterocycles. The Hall–Kier alpha value is -1.25. The molecule has 41 heavy (non-hydrogen) atoms. The van der Waals surface area contributed by atoms with Gasteiger partial charge in [-0.05, 0) is 32.7 Å². The van der Waals surface area contributed by atoms with Crippen molar-refractivity contribution in [2.45, 2.75) is 128 Å². The maximum Gasteiger partial charge on any atom is 0.330 e. The lowest BCUT2D eigenvalue weighted by Gasteiger charge is -2.18. The van der Waals surface area contributed by atoms with E-state index >= 15 is 0 Å². The average molecular weight is 599 g/mol. The van der Waals surface area contributed by atoms with E-state index in [1.165, 1.54) is 96.2 Å². The molecule has 0 saturated carbocycles. The summed E-state index contributed by atoms with van der Waals surface area (Å²) in [6, 6.07) is 0. The van der Waals surface area contributed by atoms with Gasteiger partial charge in [0.05, 0.1) is 31.4 Å². The molecule has 0 aromatic carbocycles. The van der Waals surface area contributed by atoms with Gasteiger partial charge in [0.2, 0.25) is 0 Å². The summed E-state index contributed by atoms with van der Waals surface area (Å²) in [7, 11) is -3.06. The summed E-state index contributed by atoms with van der Waals surface area (Å²) < 4.78 is 24.4. The predicted molar refractivity (Wildman–Crippen MR) is 169 cm³/mol. The van der Waals surface area contributed by atoms with Crippen molar-refractivity contribution in [3.8, 4) is 0 Å². The third-order valence-corrected chi connectivity index (χ3v) is 9.98. The van der Waals surface area contributed by atoms with Crippen LogP contribution in [0.2, 0.25) is 0 Å². The minimum Gasteiger partial charge on any atom is -0.396 e. The van der Waals surface area contributed by atoms with Crippen molar-refractivity contribution in [2.75, 3.05) is 50.9 Å². The first-order valence-electron chi connectivity index (χ1n) is 16.6. The molecule has 0 bridgehead atoms. The van der Waals surface area contributed by atoms with Crippen LogP contribution in [-0.4, -0.2) is 60.7 Å². The molecule has 2 unspecified atom stereocenters. The monoisotopic (exact) mass is 598 g/mol. The fraction of sp³-hybridized carbons (Fsp3) is 0.871. The Morgan fingerprint density at radius 3 is 2.00 bits per heavy atom. The summed E-state index contributed by atoms with van der Waals surface area (Å²) in [6.07, 6.45) is 24.1. The summed E-state index contributed by atoms with van der Waals surface area (Å²) in [4.78, 5) is 18.7. The highest BCUT2D eigenvalue weighted by atomic mass is 31.2. The Morgan fingerprint density at radius 1 is 0.878 bits per heavy atom. The van der Waals surface area contributed by atoms with Gasteiger partial charge in [-0.2, -0.15) is 0 Å². The maximum atomic E-state index is 13.1. The highest BCUT2D eigenvalue weighted by Gasteiger charge is 2.26. The third kappa shape index (κ3) is 16.3. The van der Waals surface area contributed by atoms with E-state index in [1.807, 2.05) is 6.92 Å². The highest BCUT2D eigenvalue weighted by Crippen LogP contribution is 2.48. The zero-order valence-electron chi connectivity index (χ0n) is 25.8. The van der Waals surface area contributed by atoms with Gasteiger partial charge in [0, 0.05) is 25.6 Å². The number of aromatic amines is 1. The van der Waals surface area contributed by atoms with Gasteiger partial charge < -0.3 is 29.8 Å². The summed E-state index contributed by atoms with van der Waals surface area (Å²) in [5.74, 6) is 0.154. The molecule has 4 N–H and O–H groups in total. The van der Waals surface area contributed by atoms with E-state index < -0.39 is 7.60 Å². The summed E-state index contributed by atoms with van der Waals surface area (Å²) >= 11 is 0. The quantitative estimate of drug-likeness (QED) is 0.0593. The molecule has 1 aliphatic heterocycles. The molecule has 0 fully saturated rings. The molecule has 0 saturated heterocycles. The van der Waals surface area contributed by atoms with Gasteiger partial charge in [-0.25, -0.2) is 4.98 Å². The third-order valence-electron chi connectivity index (χ3n) is 7.89. The number of hydrogen-bond acceptors (Lipinski definition) is 8. The molecule has 1 aromatic heterocycles. The van der Waals surface area contributed by atoms with E-state index in [0.29, 0.717) is 57.7 Å². The van der Waals surface area contributed by atoms with Crippen LogP contribution in [0.15, 0.2) is 11.1 Å². The van der Waals surface area contributed by atoms with E-state index in [1.54, 1.807) is 0 Å². The van der Waals surface area contributed by atoms with E-state index in [0.717, 1.165) is 25.0 Å². The largest absolute Gasteiger partial charge is 0.396 e. The minimum absolute atomic E-state index is 0.127. The van der Waals surface area contributed by atoms with Gasteiger partial charge in [0.1, 0.15) is 5.69 Å². The van der Waals surface area contributed by atoms with Gasteiger partial charge in [-0.3, -0.25) is 9.36 Å². The summed E-state index contributed by atoms with van der Waals surface area (Å²) in [5.41, 5.74) is 1.25. The molecular weight excluding hydrogens is 539 g/mol. The minimum atomic E-state index is -3.06. The van der Waals surface area contributed by atoms with Crippen molar-refractivity contribution in [2.24, 2.45) is 0 Å². The van der Waals surface area contributed by atoms with Crippen molar-refractivity contribution in [1.82, 2.24) is 15.3 Å². The number of H-pyrrole nitrogens is 1. The van der Waals surface area contributed by atoms with Crippen LogP contribution >= 0.6 is 7.60 Å². The molecule has 0 amide bonds. The normalized spacial score (nSPS) is 16.0. The van der Waals surface area contributed by atoms with E-state index in [9.17, 15) is 9.36 Å². The van der Waals surface area contributed by atoms with Gasteiger partial charge in [-0.1, -0.05) is 96.3 Å². The first-order valence-corrected chi connectivity index (χ1v) is 18.3. The fourth-order valence-electron chi connectivity index (χ4n) is 5.49. The number of hydrogen-bond donors (Lipinski definition) is 4. The topological polar surface area (TPSA) is 126 Å². The average Bonchev–Trinajstić information content (AvgIpc) is 3.38. The fourth-order valence-corrected chi connectivity index (χ4v) is 7.17. The van der Waals surface area contributed by atoms with Crippen molar-refractivity contribution in [1.29, 1.82) is 0 Å². The first-order chi connectivity index (χ1) is 20.1. The van der Waals surface area contributed by atoms with Crippen molar-refractivity contribution >= 4 is 13.3 Å². The number of nitrogens with one attached hydrogen (secondary N) is 3. The van der Waals surface area contributed by atoms with Crippen molar-refractivity contribution < 1.29 is 18.7 Å². The lowest BCUT2D eigenvalue weighted by atomic mass is 10.0. The zero-order valence-corrected chi connectivity index (χ0v) is 26.7. The van der Waals surface area contributed by atoms with Crippen LogP contribution in [0, 0.1) is 0 Å². The molecule has 9 nitrogen and oxygen atoms in total. The second-order valence-corrected chi connectivity index (χ2v) is 13.6. The number of anilines is 1. The van der Waals surface area contributed by atoms with Crippen LogP contribution in [0.1, 0.15) is 134 Å². The van der Waals surface area contributed by atoms with E-state index in [4.69, 9.17) is 14.2 Å². The van der Waals surface area contributed by atoms with Crippen LogP contribution in [-0.2, 0) is 13.6 Å². The van der Waals surface area contributed by atoms with Gasteiger partial charge in [0.15, 0.2) is 0 Å². The number of rotatable bonds is 28. The smallest absolute Gasteiger partial charge is 0.330 e. The number of aliphatic hydroxyl groups excluding tert-OH is 1. The van der Waals surface area contributed by atoms with Crippen molar-refractivity contribution in [3.05, 3.63) is 22.4 Å². The Bertz CT molecular complexity index is 884. The molecule has 0 spiro atoms. The van der Waals surface area contributed by atoms with E-state index in [2.05, 4.69) is 20.6 Å². The highest BCUT2D eigenvalue weighted by molar-refractivity contribution is 7.53. The van der Waals surface area contributed by atoms with Crippen LogP contribution in [0.3, 0.4) is 0 Å². The second kappa shape index (κ2) is 23.2. The van der Waals surface area contributed by atoms with E-state index in [-0.39, 0.29) is 11.5 Å². The maximum absolute atomic E-state index is 13.1. The number of aromatic nitrogens is 2. The van der Waals surface area contributed by atoms with Crippen molar-refractivity contribution in [3.63, 3.8) is 0 Å². The number of nitrogens with zero attached hydrogens (tertiary/aromatic N) is 1. The van der Waals surface area contributed by atoms with Gasteiger partial charge in [0.25, 0.3) is 5.56 Å². The lowest BCUT2D eigenvalue weighted by Crippen LogP contribution is -2.24. The van der Waals surface area contributed by atoms with Crippen LogP contribution in [0.25, 0.3) is 0 Å². The molecule has 2 atom stereocenters. The first kappa shape index (κ1) is 35.9. The van der Waals surface area contributed by atoms with Gasteiger partial charge >= 0.3 is 7.60 Å². The molecule has 10 heteroatoms. The number of aliphatic hydroxyl groups is 1. The molecule has 1 aliphatic rings. The lowest BCUT2D eigenvalue weighted by molar-refractivity contribution is 0.207. The Labute approximate surface area is 248 Å². The molecule has 238 valence electrons. The van der Waals surface area contributed by atoms with Gasteiger partial charge in [-0.15, -0.1) is 0 Å². The Morgan fingerprint density at radius 2 is 1.44 bits per heavy atom. The summed E-state index contributed by atoms with van der Waals surface area (Å²) in [5, 5.41) is 15.3. The zero-order chi connectivity index (χ0) is 29.4. The number of unbranched alkanes of at least 4 members (excludes halogenated alkanes) is 16. The number of fused-ring (bicyclic) bond motifs is 1. The Kier molecular flexibility index (Phi) is 20.4.